The molecule has 1 rings (SSSR count). The summed E-state index contributed by atoms with van der Waals surface area (Å²) in [6.07, 6.45) is 0. The fraction of sp³-hybridized carbons (Fsp3) is 0.500. The molecule has 0 unspecified atom stereocenters. The first-order valence-corrected chi connectivity index (χ1v) is 7.49. The highest BCUT2D eigenvalue weighted by Crippen LogP contribution is 2.19. The molecule has 1 aromatic carbocycles. The molecule has 1 N–H and O–H groups in total. The Balaban J connectivity index is 2.69. The molecule has 0 heterocycles. The van der Waals surface area contributed by atoms with Crippen molar-refractivity contribution in [3.63, 3.8) is 0 Å². The molecule has 0 spiro atoms. The van der Waals surface area contributed by atoms with Gasteiger partial charge in [-0.25, -0.2) is 4.39 Å². The summed E-state index contributed by atoms with van der Waals surface area (Å²) in [6, 6.07) is 5.73. The van der Waals surface area contributed by atoms with Gasteiger partial charge in [-0.15, -0.1) is 0 Å². The maximum atomic E-state index is 13.3. The monoisotopic (exact) mass is 284 g/mol. The van der Waals surface area contributed by atoms with Crippen LogP contribution in [0.5, 0.6) is 0 Å². The molecule has 1 aromatic rings. The number of nitrogens with zero attached hydrogens (tertiary/aromatic N) is 1. The lowest BCUT2D eigenvalue weighted by atomic mass is 10.1. The number of carbonyl (C=O) groups excluding carboxylic acids is 1. The van der Waals surface area contributed by atoms with Gasteiger partial charge in [-0.2, -0.15) is 11.8 Å². The summed E-state index contributed by atoms with van der Waals surface area (Å²) in [5.74, 6) is 1.52. The van der Waals surface area contributed by atoms with Crippen molar-refractivity contribution in [2.45, 2.75) is 13.0 Å². The van der Waals surface area contributed by atoms with Crippen molar-refractivity contribution in [2.75, 3.05) is 32.1 Å². The molecule has 0 saturated carbocycles. The van der Waals surface area contributed by atoms with E-state index in [1.54, 1.807) is 28.8 Å². The van der Waals surface area contributed by atoms with Crippen LogP contribution >= 0.6 is 11.8 Å². The molecule has 0 aliphatic carbocycles. The Labute approximate surface area is 118 Å². The smallest absolute Gasteiger partial charge is 0.241 e. The molecule has 1 atom stereocenters. The van der Waals surface area contributed by atoms with Crippen LogP contribution in [0.3, 0.4) is 0 Å². The SMILES string of the molecule is CCSCCNC(=O)[C@@H](c1cccc(F)c1)N(C)C. The maximum Gasteiger partial charge on any atom is 0.241 e. The lowest BCUT2D eigenvalue weighted by molar-refractivity contribution is -0.125. The quantitative estimate of drug-likeness (QED) is 0.780. The number of amides is 1. The van der Waals surface area contributed by atoms with Crippen LogP contribution in [0.2, 0.25) is 0 Å². The summed E-state index contributed by atoms with van der Waals surface area (Å²) in [6.45, 7) is 2.72. The van der Waals surface area contributed by atoms with E-state index >= 15 is 0 Å². The molecule has 0 aliphatic rings. The minimum absolute atomic E-state index is 0.0905. The van der Waals surface area contributed by atoms with Gasteiger partial charge in [0.15, 0.2) is 0 Å². The highest BCUT2D eigenvalue weighted by atomic mass is 32.2. The number of thioether (sulfide) groups is 1. The molecule has 1 amide bonds. The van der Waals surface area contributed by atoms with Gasteiger partial charge in [0, 0.05) is 12.3 Å². The van der Waals surface area contributed by atoms with Crippen LogP contribution in [0.15, 0.2) is 24.3 Å². The molecular formula is C14H21FN2OS. The first-order valence-electron chi connectivity index (χ1n) is 6.33. The lowest BCUT2D eigenvalue weighted by Crippen LogP contribution is -2.38. The minimum atomic E-state index is -0.456. The lowest BCUT2D eigenvalue weighted by Gasteiger charge is -2.23. The molecule has 0 fully saturated rings. The molecule has 0 radical (unpaired) electrons. The van der Waals surface area contributed by atoms with Gasteiger partial charge in [0.25, 0.3) is 0 Å². The van der Waals surface area contributed by atoms with E-state index in [1.807, 2.05) is 14.1 Å². The first kappa shape index (κ1) is 16.0. The van der Waals surface area contributed by atoms with E-state index in [9.17, 15) is 9.18 Å². The van der Waals surface area contributed by atoms with Gasteiger partial charge in [-0.3, -0.25) is 9.69 Å². The van der Waals surface area contributed by atoms with Crippen LogP contribution in [0.1, 0.15) is 18.5 Å². The number of carbonyl (C=O) groups is 1. The van der Waals surface area contributed by atoms with Gasteiger partial charge in [-0.05, 0) is 37.5 Å². The zero-order valence-electron chi connectivity index (χ0n) is 11.6. The summed E-state index contributed by atoms with van der Waals surface area (Å²) in [4.78, 5) is 14.0. The van der Waals surface area contributed by atoms with Crippen LogP contribution < -0.4 is 5.32 Å². The van der Waals surface area contributed by atoms with E-state index in [4.69, 9.17) is 0 Å². The Hall–Kier alpha value is -1.07. The maximum absolute atomic E-state index is 13.3. The van der Waals surface area contributed by atoms with Crippen LogP contribution in [0.25, 0.3) is 0 Å². The number of hydrogen-bond donors (Lipinski definition) is 1. The molecule has 0 bridgehead atoms. The number of likely N-dealkylation sites (N-methyl/N-ethyl adjacent to an activating group) is 1. The first-order chi connectivity index (χ1) is 9.06. The average Bonchev–Trinajstić information content (AvgIpc) is 2.34. The number of benzene rings is 1. The third-order valence-corrected chi connectivity index (χ3v) is 3.58. The Bertz CT molecular complexity index is 412. The summed E-state index contributed by atoms with van der Waals surface area (Å²) < 4.78 is 13.3. The highest BCUT2D eigenvalue weighted by molar-refractivity contribution is 7.99. The molecule has 19 heavy (non-hydrogen) atoms. The Kier molecular flexibility index (Phi) is 6.87. The summed E-state index contributed by atoms with van der Waals surface area (Å²) in [5.41, 5.74) is 0.672. The standard InChI is InChI=1S/C14H21FN2OS/c1-4-19-9-8-16-14(18)13(17(2)3)11-6-5-7-12(15)10-11/h5-7,10,13H,4,8-9H2,1-3H3,(H,16,18)/t13-/m1/s1. The van der Waals surface area contributed by atoms with Crippen molar-refractivity contribution in [1.82, 2.24) is 10.2 Å². The Morgan fingerprint density at radius 2 is 2.21 bits per heavy atom. The molecule has 3 nitrogen and oxygen atoms in total. The number of nitrogens with one attached hydrogen (secondary N) is 1. The third-order valence-electron chi connectivity index (χ3n) is 2.68. The summed E-state index contributed by atoms with van der Waals surface area (Å²) in [7, 11) is 3.63. The second-order valence-electron chi connectivity index (χ2n) is 4.41. The molecule has 0 aromatic heterocycles. The topological polar surface area (TPSA) is 32.3 Å². The Morgan fingerprint density at radius 1 is 1.47 bits per heavy atom. The molecular weight excluding hydrogens is 263 g/mol. The zero-order chi connectivity index (χ0) is 14.3. The van der Waals surface area contributed by atoms with Gasteiger partial charge < -0.3 is 5.32 Å². The number of hydrogen-bond acceptors (Lipinski definition) is 3. The van der Waals surface area contributed by atoms with Crippen molar-refractivity contribution in [3.05, 3.63) is 35.6 Å². The fourth-order valence-electron chi connectivity index (χ4n) is 1.85. The second kappa shape index (κ2) is 8.17. The van der Waals surface area contributed by atoms with Crippen LogP contribution in [-0.2, 0) is 4.79 Å². The van der Waals surface area contributed by atoms with E-state index in [1.165, 1.54) is 12.1 Å². The van der Waals surface area contributed by atoms with Crippen molar-refractivity contribution >= 4 is 17.7 Å². The average molecular weight is 284 g/mol. The second-order valence-corrected chi connectivity index (χ2v) is 5.80. The molecule has 106 valence electrons. The highest BCUT2D eigenvalue weighted by Gasteiger charge is 2.22. The number of rotatable bonds is 7. The van der Waals surface area contributed by atoms with Gasteiger partial charge in [0.1, 0.15) is 11.9 Å². The van der Waals surface area contributed by atoms with Crippen LogP contribution in [-0.4, -0.2) is 43.0 Å². The van der Waals surface area contributed by atoms with Gasteiger partial charge in [0.2, 0.25) is 5.91 Å². The van der Waals surface area contributed by atoms with E-state index < -0.39 is 6.04 Å². The van der Waals surface area contributed by atoms with Crippen LogP contribution in [0, 0.1) is 5.82 Å². The van der Waals surface area contributed by atoms with Crippen LogP contribution in [0.4, 0.5) is 4.39 Å². The van der Waals surface area contributed by atoms with Gasteiger partial charge in [-0.1, -0.05) is 19.1 Å². The number of halogens is 1. The molecule has 0 aliphatic heterocycles. The van der Waals surface area contributed by atoms with Crippen molar-refractivity contribution in [3.8, 4) is 0 Å². The fourth-order valence-corrected chi connectivity index (χ4v) is 2.38. The normalized spacial score (nSPS) is 12.5. The van der Waals surface area contributed by atoms with E-state index in [-0.39, 0.29) is 11.7 Å². The zero-order valence-corrected chi connectivity index (χ0v) is 12.5. The molecule has 0 saturated heterocycles. The summed E-state index contributed by atoms with van der Waals surface area (Å²) in [5, 5.41) is 2.89. The van der Waals surface area contributed by atoms with E-state index in [2.05, 4.69) is 12.2 Å². The van der Waals surface area contributed by atoms with Gasteiger partial charge in [0.05, 0.1) is 0 Å². The third kappa shape index (κ3) is 5.20. The Morgan fingerprint density at radius 3 is 2.79 bits per heavy atom. The van der Waals surface area contributed by atoms with Gasteiger partial charge >= 0.3 is 0 Å². The predicted octanol–water partition coefficient (Wildman–Crippen LogP) is 2.30. The predicted molar refractivity (Wildman–Crippen MR) is 78.8 cm³/mol. The summed E-state index contributed by atoms with van der Waals surface area (Å²) >= 11 is 1.78. The van der Waals surface area contributed by atoms with Crippen molar-refractivity contribution in [2.24, 2.45) is 0 Å². The van der Waals surface area contributed by atoms with E-state index in [0.29, 0.717) is 12.1 Å². The van der Waals surface area contributed by atoms with Crippen molar-refractivity contribution < 1.29 is 9.18 Å². The van der Waals surface area contributed by atoms with E-state index in [0.717, 1.165) is 11.5 Å². The van der Waals surface area contributed by atoms with Crippen molar-refractivity contribution in [1.29, 1.82) is 0 Å². The molecule has 5 heteroatoms. The largest absolute Gasteiger partial charge is 0.354 e. The minimum Gasteiger partial charge on any atom is -0.354 e.